The fourth-order valence-corrected chi connectivity index (χ4v) is 2.50. The molecule has 0 aromatic carbocycles. The van der Waals surface area contributed by atoms with Gasteiger partial charge >= 0.3 is 5.97 Å². The molecular weight excluding hydrogens is 244 g/mol. The second kappa shape index (κ2) is 7.80. The van der Waals surface area contributed by atoms with E-state index in [4.69, 9.17) is 11.5 Å². The number of amides is 1. The highest BCUT2D eigenvalue weighted by molar-refractivity contribution is 5.78. The Morgan fingerprint density at radius 3 is 2.95 bits per heavy atom. The Balaban J connectivity index is 2.43. The zero-order chi connectivity index (χ0) is 14.3. The quantitative estimate of drug-likeness (QED) is 0.544. The molecule has 2 N–H and O–H groups in total. The van der Waals surface area contributed by atoms with Crippen LogP contribution < -0.4 is 5.32 Å². The first-order chi connectivity index (χ1) is 9.04. The second-order valence-electron chi connectivity index (χ2n) is 5.12. The Labute approximate surface area is 114 Å². The number of nitrogens with zero attached hydrogens (tertiary/aromatic N) is 1. The van der Waals surface area contributed by atoms with Crippen molar-refractivity contribution in [3.8, 4) is 12.3 Å². The topological polar surface area (TPSA) is 69.6 Å². The van der Waals surface area contributed by atoms with Crippen molar-refractivity contribution < 1.29 is 14.7 Å². The molecule has 1 aliphatic rings. The third kappa shape index (κ3) is 5.31. The third-order valence-electron chi connectivity index (χ3n) is 3.62. The number of nitrogens with one attached hydrogen (secondary N) is 1. The maximum absolute atomic E-state index is 11.9. The number of carbonyl (C=O) groups is 2. The molecule has 1 saturated heterocycles. The zero-order valence-corrected chi connectivity index (χ0v) is 11.4. The van der Waals surface area contributed by atoms with Crippen LogP contribution in [0.15, 0.2) is 0 Å². The molecule has 0 saturated carbocycles. The minimum atomic E-state index is -0.772. The van der Waals surface area contributed by atoms with E-state index >= 15 is 0 Å². The molecule has 0 radical (unpaired) electrons. The Bertz CT molecular complexity index is 362. The molecule has 0 aromatic heterocycles. The zero-order valence-electron chi connectivity index (χ0n) is 11.4. The van der Waals surface area contributed by atoms with E-state index in [-0.39, 0.29) is 30.7 Å². The highest BCUT2D eigenvalue weighted by Crippen LogP contribution is 2.26. The third-order valence-corrected chi connectivity index (χ3v) is 3.62. The smallest absolute Gasteiger partial charge is 0.303 e. The summed E-state index contributed by atoms with van der Waals surface area (Å²) < 4.78 is 0. The predicted octanol–water partition coefficient (Wildman–Crippen LogP) is 0.559. The van der Waals surface area contributed by atoms with Crippen LogP contribution in [0.4, 0.5) is 0 Å². The number of likely N-dealkylation sites (tertiary alicyclic amines) is 1. The van der Waals surface area contributed by atoms with Gasteiger partial charge in [0.05, 0.1) is 13.1 Å². The molecule has 5 nitrogen and oxygen atoms in total. The van der Waals surface area contributed by atoms with Gasteiger partial charge in [0.1, 0.15) is 0 Å². The molecule has 2 atom stereocenters. The summed E-state index contributed by atoms with van der Waals surface area (Å²) in [6.45, 7) is 4.00. The second-order valence-corrected chi connectivity index (χ2v) is 5.12. The van der Waals surface area contributed by atoms with E-state index in [1.54, 1.807) is 0 Å². The standard InChI is InChI=1S/C14H22N2O3/c1-3-6-15-9-13(17)16-7-4-5-12(10-16)11(2)8-14(18)19/h1,11-12,15H,4-10H2,2H3,(H,18,19). The molecule has 0 bridgehead atoms. The summed E-state index contributed by atoms with van der Waals surface area (Å²) >= 11 is 0. The van der Waals surface area contributed by atoms with E-state index in [2.05, 4.69) is 11.2 Å². The van der Waals surface area contributed by atoms with Gasteiger partial charge in [-0.15, -0.1) is 6.42 Å². The molecule has 0 spiro atoms. The molecule has 1 heterocycles. The molecule has 1 aliphatic heterocycles. The van der Waals surface area contributed by atoms with Crippen LogP contribution in [0.3, 0.4) is 0 Å². The number of hydrogen-bond donors (Lipinski definition) is 2. The number of terminal acetylenes is 1. The molecule has 0 aromatic rings. The lowest BCUT2D eigenvalue weighted by atomic mass is 9.84. The van der Waals surface area contributed by atoms with E-state index < -0.39 is 5.97 Å². The molecule has 1 rings (SSSR count). The number of piperidine rings is 1. The largest absolute Gasteiger partial charge is 0.481 e. The van der Waals surface area contributed by atoms with Gasteiger partial charge < -0.3 is 10.0 Å². The first-order valence-corrected chi connectivity index (χ1v) is 6.68. The van der Waals surface area contributed by atoms with Crippen molar-refractivity contribution in [1.82, 2.24) is 10.2 Å². The van der Waals surface area contributed by atoms with E-state index in [1.165, 1.54) is 0 Å². The van der Waals surface area contributed by atoms with Gasteiger partial charge in [-0.3, -0.25) is 14.9 Å². The van der Waals surface area contributed by atoms with Crippen LogP contribution in [-0.4, -0.2) is 48.1 Å². The van der Waals surface area contributed by atoms with Crippen LogP contribution in [0.25, 0.3) is 0 Å². The number of rotatable bonds is 6. The van der Waals surface area contributed by atoms with Crippen LogP contribution in [0.2, 0.25) is 0 Å². The van der Waals surface area contributed by atoms with Crippen molar-refractivity contribution in [1.29, 1.82) is 0 Å². The fourth-order valence-electron chi connectivity index (χ4n) is 2.50. The molecule has 1 fully saturated rings. The Morgan fingerprint density at radius 1 is 1.58 bits per heavy atom. The minimum absolute atomic E-state index is 0.0440. The first kappa shape index (κ1) is 15.5. The van der Waals surface area contributed by atoms with Crippen LogP contribution in [-0.2, 0) is 9.59 Å². The van der Waals surface area contributed by atoms with Gasteiger partial charge in [0.2, 0.25) is 5.91 Å². The van der Waals surface area contributed by atoms with E-state index in [1.807, 2.05) is 11.8 Å². The van der Waals surface area contributed by atoms with Gasteiger partial charge in [-0.1, -0.05) is 12.8 Å². The number of hydrogen-bond acceptors (Lipinski definition) is 3. The van der Waals surface area contributed by atoms with Crippen molar-refractivity contribution in [2.24, 2.45) is 11.8 Å². The van der Waals surface area contributed by atoms with Gasteiger partial charge in [-0.2, -0.15) is 0 Å². The van der Waals surface area contributed by atoms with Crippen molar-refractivity contribution in [2.75, 3.05) is 26.2 Å². The van der Waals surface area contributed by atoms with Crippen LogP contribution in [0.1, 0.15) is 26.2 Å². The summed E-state index contributed by atoms with van der Waals surface area (Å²) in [5, 5.41) is 11.7. The molecular formula is C14H22N2O3. The number of carboxylic acid groups (broad SMARTS) is 1. The van der Waals surface area contributed by atoms with Crippen molar-refractivity contribution in [3.63, 3.8) is 0 Å². The van der Waals surface area contributed by atoms with Crippen molar-refractivity contribution in [3.05, 3.63) is 0 Å². The molecule has 1 amide bonds. The van der Waals surface area contributed by atoms with Crippen LogP contribution >= 0.6 is 0 Å². The Morgan fingerprint density at radius 2 is 2.32 bits per heavy atom. The Hall–Kier alpha value is -1.54. The van der Waals surface area contributed by atoms with Crippen LogP contribution in [0, 0.1) is 24.2 Å². The SMILES string of the molecule is C#CCNCC(=O)N1CCCC(C(C)CC(=O)O)C1. The summed E-state index contributed by atoms with van der Waals surface area (Å²) in [5.74, 6) is 2.08. The first-order valence-electron chi connectivity index (χ1n) is 6.68. The van der Waals surface area contributed by atoms with Crippen molar-refractivity contribution >= 4 is 11.9 Å². The molecule has 19 heavy (non-hydrogen) atoms. The highest BCUT2D eigenvalue weighted by atomic mass is 16.4. The maximum Gasteiger partial charge on any atom is 0.303 e. The van der Waals surface area contributed by atoms with E-state index in [9.17, 15) is 9.59 Å². The summed E-state index contributed by atoms with van der Waals surface area (Å²) in [4.78, 5) is 24.5. The molecule has 0 aliphatic carbocycles. The number of carboxylic acids is 1. The number of aliphatic carboxylic acids is 1. The molecule has 2 unspecified atom stereocenters. The monoisotopic (exact) mass is 266 g/mol. The average molecular weight is 266 g/mol. The normalized spacial score (nSPS) is 20.6. The van der Waals surface area contributed by atoms with Gasteiger partial charge in [0.25, 0.3) is 0 Å². The van der Waals surface area contributed by atoms with Crippen molar-refractivity contribution in [2.45, 2.75) is 26.2 Å². The number of carbonyl (C=O) groups excluding carboxylic acids is 1. The van der Waals surface area contributed by atoms with E-state index in [0.29, 0.717) is 13.1 Å². The summed E-state index contributed by atoms with van der Waals surface area (Å²) in [7, 11) is 0. The molecule has 106 valence electrons. The maximum atomic E-state index is 11.9. The summed E-state index contributed by atoms with van der Waals surface area (Å²) in [6.07, 6.45) is 7.21. The highest BCUT2D eigenvalue weighted by Gasteiger charge is 2.27. The minimum Gasteiger partial charge on any atom is -0.481 e. The average Bonchev–Trinajstić information content (AvgIpc) is 2.38. The lowest BCUT2D eigenvalue weighted by Crippen LogP contribution is -2.45. The lowest BCUT2D eigenvalue weighted by Gasteiger charge is -2.35. The predicted molar refractivity (Wildman–Crippen MR) is 72.4 cm³/mol. The fraction of sp³-hybridized carbons (Fsp3) is 0.714. The van der Waals surface area contributed by atoms with Gasteiger partial charge in [-0.05, 0) is 24.7 Å². The summed E-state index contributed by atoms with van der Waals surface area (Å²) in [6, 6.07) is 0. The van der Waals surface area contributed by atoms with Crippen LogP contribution in [0.5, 0.6) is 0 Å². The van der Waals surface area contributed by atoms with Gasteiger partial charge in [0, 0.05) is 19.5 Å². The van der Waals surface area contributed by atoms with Gasteiger partial charge in [-0.25, -0.2) is 0 Å². The van der Waals surface area contributed by atoms with E-state index in [0.717, 1.165) is 19.4 Å². The summed E-state index contributed by atoms with van der Waals surface area (Å²) in [5.41, 5.74) is 0. The lowest BCUT2D eigenvalue weighted by molar-refractivity contribution is -0.138. The van der Waals surface area contributed by atoms with Gasteiger partial charge in [0.15, 0.2) is 0 Å². The Kier molecular flexibility index (Phi) is 6.37. The molecule has 5 heteroatoms.